The number of para-hydroxylation sites is 3. The van der Waals surface area contributed by atoms with Crippen molar-refractivity contribution in [1.29, 1.82) is 0 Å². The lowest BCUT2D eigenvalue weighted by molar-refractivity contribution is 1.35. The first-order valence-corrected chi connectivity index (χ1v) is 9.43. The number of aryl methyl sites for hydroxylation is 1. The van der Waals surface area contributed by atoms with E-state index in [2.05, 4.69) is 21.7 Å². The number of anilines is 2. The topological polar surface area (TPSA) is 37.0 Å². The molecule has 0 spiro atoms. The van der Waals surface area contributed by atoms with Gasteiger partial charge < -0.3 is 10.6 Å². The van der Waals surface area contributed by atoms with Gasteiger partial charge >= 0.3 is 0 Å². The van der Waals surface area contributed by atoms with Gasteiger partial charge in [-0.15, -0.1) is 11.3 Å². The van der Waals surface area contributed by atoms with Crippen LogP contribution in [0.15, 0.2) is 84.9 Å². The van der Waals surface area contributed by atoms with E-state index in [-0.39, 0.29) is 7.43 Å². The first-order valence-electron chi connectivity index (χ1n) is 8.21. The molecular formula is C22H23N3S2. The number of fused-ring (bicyclic) bond motifs is 1. The summed E-state index contributed by atoms with van der Waals surface area (Å²) in [4.78, 5) is 4.33. The van der Waals surface area contributed by atoms with E-state index in [1.807, 2.05) is 85.8 Å². The summed E-state index contributed by atoms with van der Waals surface area (Å²) in [5.74, 6) is 0. The molecule has 0 aliphatic rings. The lowest BCUT2D eigenvalue weighted by atomic mass is 10.3. The summed E-state index contributed by atoms with van der Waals surface area (Å²) in [7, 11) is 0. The lowest BCUT2D eigenvalue weighted by Crippen LogP contribution is -2.18. The van der Waals surface area contributed by atoms with Gasteiger partial charge in [0, 0.05) is 11.4 Å². The Bertz CT molecular complexity index is 890. The zero-order valence-electron chi connectivity index (χ0n) is 14.3. The Morgan fingerprint density at radius 3 is 1.78 bits per heavy atom. The van der Waals surface area contributed by atoms with E-state index >= 15 is 0 Å². The summed E-state index contributed by atoms with van der Waals surface area (Å²) in [6.45, 7) is 2.03. The second-order valence-electron chi connectivity index (χ2n) is 5.51. The number of nitrogens with zero attached hydrogens (tertiary/aromatic N) is 1. The van der Waals surface area contributed by atoms with Crippen LogP contribution in [0, 0.1) is 6.92 Å². The van der Waals surface area contributed by atoms with E-state index < -0.39 is 0 Å². The Labute approximate surface area is 170 Å². The molecule has 0 fully saturated rings. The number of hydrogen-bond acceptors (Lipinski definition) is 3. The summed E-state index contributed by atoms with van der Waals surface area (Å²) in [5.41, 5.74) is 3.08. The van der Waals surface area contributed by atoms with E-state index in [0.29, 0.717) is 5.11 Å². The van der Waals surface area contributed by atoms with E-state index in [0.717, 1.165) is 21.9 Å². The minimum Gasteiger partial charge on any atom is -0.332 e. The quantitative estimate of drug-likeness (QED) is 0.370. The van der Waals surface area contributed by atoms with Crippen molar-refractivity contribution in [3.8, 4) is 0 Å². The summed E-state index contributed by atoms with van der Waals surface area (Å²) < 4.78 is 1.28. The number of benzene rings is 3. The molecule has 0 bridgehead atoms. The van der Waals surface area contributed by atoms with Gasteiger partial charge in [0.25, 0.3) is 0 Å². The highest BCUT2D eigenvalue weighted by Crippen LogP contribution is 2.19. The van der Waals surface area contributed by atoms with Crippen molar-refractivity contribution >= 4 is 50.3 Å². The fourth-order valence-corrected chi connectivity index (χ4v) is 3.39. The largest absolute Gasteiger partial charge is 0.332 e. The maximum Gasteiger partial charge on any atom is 0.175 e. The van der Waals surface area contributed by atoms with Gasteiger partial charge in [0.1, 0.15) is 0 Å². The third-order valence-corrected chi connectivity index (χ3v) is 4.62. The Hall–Kier alpha value is -2.76. The molecule has 0 aliphatic heterocycles. The molecule has 0 unspecified atom stereocenters. The smallest absolute Gasteiger partial charge is 0.175 e. The van der Waals surface area contributed by atoms with Crippen LogP contribution in [-0.2, 0) is 0 Å². The summed E-state index contributed by atoms with van der Waals surface area (Å²) >= 11 is 6.94. The van der Waals surface area contributed by atoms with Gasteiger partial charge in [0.05, 0.1) is 15.2 Å². The van der Waals surface area contributed by atoms with Crippen molar-refractivity contribution < 1.29 is 0 Å². The number of nitrogens with one attached hydrogen (secondary N) is 2. The molecule has 0 saturated heterocycles. The number of hydrogen-bond donors (Lipinski definition) is 2. The van der Waals surface area contributed by atoms with Gasteiger partial charge in [-0.25, -0.2) is 4.98 Å². The molecule has 4 rings (SSSR count). The van der Waals surface area contributed by atoms with E-state index in [4.69, 9.17) is 12.2 Å². The van der Waals surface area contributed by atoms with Crippen LogP contribution >= 0.6 is 23.6 Å². The molecule has 5 heteroatoms. The Morgan fingerprint density at radius 2 is 1.26 bits per heavy atom. The molecular weight excluding hydrogens is 370 g/mol. The Kier molecular flexibility index (Phi) is 7.92. The monoisotopic (exact) mass is 393 g/mol. The van der Waals surface area contributed by atoms with Gasteiger partial charge in [-0.1, -0.05) is 56.0 Å². The van der Waals surface area contributed by atoms with Gasteiger partial charge in [0.2, 0.25) is 0 Å². The first-order chi connectivity index (χ1) is 12.7. The van der Waals surface area contributed by atoms with Gasteiger partial charge in [-0.2, -0.15) is 0 Å². The van der Waals surface area contributed by atoms with Gasteiger partial charge in [-0.3, -0.25) is 0 Å². The molecule has 2 N–H and O–H groups in total. The molecule has 0 saturated carbocycles. The number of thiazole rings is 1. The highest BCUT2D eigenvalue weighted by molar-refractivity contribution is 7.80. The lowest BCUT2D eigenvalue weighted by Gasteiger charge is -2.09. The molecule has 1 heterocycles. The van der Waals surface area contributed by atoms with E-state index in [1.54, 1.807) is 11.3 Å². The van der Waals surface area contributed by atoms with E-state index in [9.17, 15) is 0 Å². The van der Waals surface area contributed by atoms with Crippen molar-refractivity contribution in [3.63, 3.8) is 0 Å². The fraction of sp³-hybridized carbons (Fsp3) is 0.0909. The minimum absolute atomic E-state index is 0. The van der Waals surface area contributed by atoms with Crippen LogP contribution in [0.3, 0.4) is 0 Å². The molecule has 1 aromatic heterocycles. The van der Waals surface area contributed by atoms with Gasteiger partial charge in [0.15, 0.2) is 5.11 Å². The van der Waals surface area contributed by atoms with Crippen LogP contribution in [0.5, 0.6) is 0 Å². The van der Waals surface area contributed by atoms with Crippen LogP contribution in [0.4, 0.5) is 11.4 Å². The van der Waals surface area contributed by atoms with Crippen LogP contribution in [0.25, 0.3) is 10.2 Å². The molecule has 27 heavy (non-hydrogen) atoms. The summed E-state index contributed by atoms with van der Waals surface area (Å²) in [6, 6.07) is 27.9. The van der Waals surface area contributed by atoms with Crippen LogP contribution in [0.2, 0.25) is 0 Å². The van der Waals surface area contributed by atoms with Crippen LogP contribution in [0.1, 0.15) is 12.4 Å². The zero-order chi connectivity index (χ0) is 18.2. The zero-order valence-corrected chi connectivity index (χ0v) is 16.0. The molecule has 3 aromatic carbocycles. The summed E-state index contributed by atoms with van der Waals surface area (Å²) in [5, 5.41) is 7.96. The average molecular weight is 394 g/mol. The molecule has 3 nitrogen and oxygen atoms in total. The third-order valence-electron chi connectivity index (χ3n) is 3.46. The Balaban J connectivity index is 0.000000205. The molecule has 0 atom stereocenters. The van der Waals surface area contributed by atoms with Crippen LogP contribution in [-0.4, -0.2) is 10.1 Å². The standard InChI is InChI=1S/C13H12N2S.C8H7NS.CH4/c16-13(14-11-7-3-1-4-8-11)15-12-9-5-2-6-10-12;1-6-9-7-4-2-3-5-8(7)10-6;/h1-10H,(H2,14,15,16);2-5H,1H3;1H4. The van der Waals surface area contributed by atoms with Gasteiger partial charge in [-0.05, 0) is 55.5 Å². The summed E-state index contributed by atoms with van der Waals surface area (Å²) in [6.07, 6.45) is 0. The second-order valence-corrected chi connectivity index (χ2v) is 7.15. The minimum atomic E-state index is 0. The molecule has 0 aliphatic carbocycles. The van der Waals surface area contributed by atoms with Crippen molar-refractivity contribution in [2.75, 3.05) is 10.6 Å². The molecule has 0 radical (unpaired) electrons. The molecule has 0 amide bonds. The third kappa shape index (κ3) is 6.47. The predicted octanol–water partition coefficient (Wildman–Crippen LogP) is 6.74. The SMILES string of the molecule is C.Cc1nc2ccccc2s1.S=C(Nc1ccccc1)Nc1ccccc1. The second kappa shape index (κ2) is 10.4. The molecule has 4 aromatic rings. The maximum atomic E-state index is 5.20. The number of aromatic nitrogens is 1. The predicted molar refractivity (Wildman–Crippen MR) is 124 cm³/mol. The fourth-order valence-electron chi connectivity index (χ4n) is 2.32. The van der Waals surface area contributed by atoms with Crippen molar-refractivity contribution in [1.82, 2.24) is 4.98 Å². The maximum absolute atomic E-state index is 5.20. The first kappa shape index (κ1) is 20.6. The highest BCUT2D eigenvalue weighted by Gasteiger charge is 1.97. The van der Waals surface area contributed by atoms with E-state index in [1.165, 1.54) is 4.70 Å². The average Bonchev–Trinajstić information content (AvgIpc) is 3.04. The van der Waals surface area contributed by atoms with Crippen molar-refractivity contribution in [3.05, 3.63) is 89.9 Å². The number of rotatable bonds is 2. The normalized spacial score (nSPS) is 9.52. The van der Waals surface area contributed by atoms with Crippen molar-refractivity contribution in [2.24, 2.45) is 0 Å². The number of thiocarbonyl (C=S) groups is 1. The molecule has 138 valence electrons. The Morgan fingerprint density at radius 1 is 0.778 bits per heavy atom. The van der Waals surface area contributed by atoms with Crippen molar-refractivity contribution in [2.45, 2.75) is 14.4 Å². The van der Waals surface area contributed by atoms with Crippen LogP contribution < -0.4 is 10.6 Å². The highest BCUT2D eigenvalue weighted by atomic mass is 32.1.